The molecule has 0 aliphatic carbocycles. The van der Waals surface area contributed by atoms with Crippen LogP contribution in [0.2, 0.25) is 0 Å². The predicted molar refractivity (Wildman–Crippen MR) is 145 cm³/mol. The van der Waals surface area contributed by atoms with E-state index in [2.05, 4.69) is 28.1 Å². The summed E-state index contributed by atoms with van der Waals surface area (Å²) < 4.78 is 5.53. The molecule has 1 aromatic heterocycles. The number of hydrogen-bond acceptors (Lipinski definition) is 4. The summed E-state index contributed by atoms with van der Waals surface area (Å²) in [6, 6.07) is 23.9. The van der Waals surface area contributed by atoms with E-state index in [1.807, 2.05) is 79.5 Å². The molecule has 6 heteroatoms. The Labute approximate surface area is 217 Å². The van der Waals surface area contributed by atoms with Crippen molar-refractivity contribution >= 4 is 22.8 Å². The number of H-pyrrole nitrogens is 1. The predicted octanol–water partition coefficient (Wildman–Crippen LogP) is 4.90. The van der Waals surface area contributed by atoms with Gasteiger partial charge in [-0.2, -0.15) is 0 Å². The fourth-order valence-electron chi connectivity index (χ4n) is 5.29. The lowest BCUT2D eigenvalue weighted by molar-refractivity contribution is -0.146. The molecule has 0 unspecified atom stereocenters. The number of aromatic nitrogens is 1. The van der Waals surface area contributed by atoms with E-state index in [9.17, 15) is 9.59 Å². The Bertz CT molecular complexity index is 1380. The summed E-state index contributed by atoms with van der Waals surface area (Å²) >= 11 is 0. The maximum Gasteiger partial charge on any atom is 0.320 e. The van der Waals surface area contributed by atoms with Gasteiger partial charge in [-0.25, -0.2) is 0 Å². The van der Waals surface area contributed by atoms with Crippen molar-refractivity contribution in [2.75, 3.05) is 26.2 Å². The monoisotopic (exact) mass is 495 g/mol. The molecule has 1 N–H and O–H groups in total. The number of piperazine rings is 1. The first-order valence-electron chi connectivity index (χ1n) is 12.8. The third kappa shape index (κ3) is 5.92. The van der Waals surface area contributed by atoms with Crippen LogP contribution in [0.3, 0.4) is 0 Å². The van der Waals surface area contributed by atoms with Crippen LogP contribution in [0.25, 0.3) is 10.9 Å². The highest BCUT2D eigenvalue weighted by atomic mass is 16.5. The summed E-state index contributed by atoms with van der Waals surface area (Å²) in [6.07, 6.45) is 2.74. The van der Waals surface area contributed by atoms with Crippen LogP contribution in [0.4, 0.5) is 0 Å². The smallest absolute Gasteiger partial charge is 0.320 e. The number of aryl methyl sites for hydroxylation is 2. The van der Waals surface area contributed by atoms with Crippen LogP contribution in [-0.2, 0) is 22.6 Å². The van der Waals surface area contributed by atoms with Gasteiger partial charge in [-0.3, -0.25) is 14.5 Å². The Morgan fingerprint density at radius 1 is 0.946 bits per heavy atom. The lowest BCUT2D eigenvalue weighted by Crippen LogP contribution is -2.56. The van der Waals surface area contributed by atoms with Crippen LogP contribution >= 0.6 is 0 Å². The molecule has 1 aliphatic rings. The number of nitrogens with zero attached hydrogens (tertiary/aromatic N) is 2. The summed E-state index contributed by atoms with van der Waals surface area (Å²) in [5, 5.41) is 1.17. The second-order valence-corrected chi connectivity index (χ2v) is 9.97. The number of carbonyl (C=O) groups is 2. The van der Waals surface area contributed by atoms with E-state index in [1.165, 1.54) is 10.9 Å². The highest BCUT2D eigenvalue weighted by molar-refractivity contribution is 5.95. The van der Waals surface area contributed by atoms with Crippen molar-refractivity contribution in [1.82, 2.24) is 14.8 Å². The molecule has 6 nitrogen and oxygen atoms in total. The number of para-hydroxylation sites is 1. The number of ether oxygens (including phenoxy) is 1. The summed E-state index contributed by atoms with van der Waals surface area (Å²) in [5.74, 6) is -0.202. The Morgan fingerprint density at radius 2 is 1.68 bits per heavy atom. The Morgan fingerprint density at radius 3 is 2.46 bits per heavy atom. The van der Waals surface area contributed by atoms with Gasteiger partial charge in [-0.15, -0.1) is 0 Å². The average molecular weight is 496 g/mol. The molecule has 2 heterocycles. The first kappa shape index (κ1) is 24.8. The van der Waals surface area contributed by atoms with Crippen molar-refractivity contribution in [3.8, 4) is 0 Å². The summed E-state index contributed by atoms with van der Waals surface area (Å²) in [7, 11) is 0. The van der Waals surface area contributed by atoms with Crippen LogP contribution in [0.15, 0.2) is 79.0 Å². The van der Waals surface area contributed by atoms with Crippen LogP contribution < -0.4 is 0 Å². The number of fused-ring (bicyclic) bond motifs is 1. The van der Waals surface area contributed by atoms with Crippen LogP contribution in [0.1, 0.15) is 32.6 Å². The van der Waals surface area contributed by atoms with E-state index >= 15 is 0 Å². The van der Waals surface area contributed by atoms with Gasteiger partial charge in [0.15, 0.2) is 0 Å². The van der Waals surface area contributed by atoms with Gasteiger partial charge in [0.1, 0.15) is 6.61 Å². The number of rotatable bonds is 7. The average Bonchev–Trinajstić information content (AvgIpc) is 3.30. The normalized spacial score (nSPS) is 16.2. The lowest BCUT2D eigenvalue weighted by atomic mass is 9.99. The van der Waals surface area contributed by atoms with E-state index in [0.717, 1.165) is 27.8 Å². The Kier molecular flexibility index (Phi) is 7.37. The van der Waals surface area contributed by atoms with Crippen LogP contribution in [0.5, 0.6) is 0 Å². The Balaban J connectivity index is 1.33. The van der Waals surface area contributed by atoms with Gasteiger partial charge >= 0.3 is 5.97 Å². The maximum absolute atomic E-state index is 13.7. The molecule has 3 aromatic carbocycles. The number of aromatic amines is 1. The molecule has 0 bridgehead atoms. The lowest BCUT2D eigenvalue weighted by Gasteiger charge is -2.41. The molecule has 4 aromatic rings. The largest absolute Gasteiger partial charge is 0.460 e. The fourth-order valence-corrected chi connectivity index (χ4v) is 5.29. The van der Waals surface area contributed by atoms with E-state index in [-0.39, 0.29) is 31.1 Å². The highest BCUT2D eigenvalue weighted by Crippen LogP contribution is 2.24. The quantitative estimate of drug-likeness (QED) is 0.371. The van der Waals surface area contributed by atoms with E-state index in [1.54, 1.807) is 0 Å². The summed E-state index contributed by atoms with van der Waals surface area (Å²) in [5.41, 5.74) is 6.11. The molecular weight excluding hydrogens is 462 g/mol. The molecule has 0 saturated carbocycles. The number of amides is 1. The zero-order valence-electron chi connectivity index (χ0n) is 21.4. The SMILES string of the molecule is Cc1cc(C)cc(C(=O)N2CCN(CC(=O)OCc3ccccc3)C[C@H]2Cc2c[nH]c3ccccc23)c1. The van der Waals surface area contributed by atoms with Gasteiger partial charge < -0.3 is 14.6 Å². The number of carbonyl (C=O) groups excluding carboxylic acids is 2. The molecule has 1 fully saturated rings. The van der Waals surface area contributed by atoms with E-state index < -0.39 is 0 Å². The van der Waals surface area contributed by atoms with Crippen LogP contribution in [0, 0.1) is 13.8 Å². The van der Waals surface area contributed by atoms with Crippen molar-refractivity contribution in [3.63, 3.8) is 0 Å². The minimum Gasteiger partial charge on any atom is -0.460 e. The van der Waals surface area contributed by atoms with Gasteiger partial charge in [0.05, 0.1) is 6.54 Å². The standard InChI is InChI=1S/C31H33N3O3/c1-22-14-23(2)16-25(15-22)31(36)34-13-12-33(20-30(35)37-21-24-8-4-3-5-9-24)19-27(34)17-26-18-32-29-11-7-6-10-28(26)29/h3-11,14-16,18,27,32H,12-13,17,19-21H2,1-2H3/t27-/m1/s1. The van der Waals surface area contributed by atoms with Gasteiger partial charge in [-0.05, 0) is 49.6 Å². The summed E-state index contributed by atoms with van der Waals surface area (Å²) in [6.45, 7) is 6.31. The number of benzene rings is 3. The highest BCUT2D eigenvalue weighted by Gasteiger charge is 2.32. The minimum absolute atomic E-state index is 0.0444. The van der Waals surface area contributed by atoms with Gasteiger partial charge in [-0.1, -0.05) is 65.7 Å². The zero-order chi connectivity index (χ0) is 25.8. The number of nitrogens with one attached hydrogen (secondary N) is 1. The molecule has 1 saturated heterocycles. The van der Waals surface area contributed by atoms with Gasteiger partial charge in [0.25, 0.3) is 5.91 Å². The van der Waals surface area contributed by atoms with E-state index in [4.69, 9.17) is 4.74 Å². The number of esters is 1. The van der Waals surface area contributed by atoms with Crippen molar-refractivity contribution in [1.29, 1.82) is 0 Å². The van der Waals surface area contributed by atoms with Crippen LogP contribution in [-0.4, -0.2) is 58.9 Å². The molecule has 0 spiro atoms. The third-order valence-electron chi connectivity index (χ3n) is 7.02. The molecule has 1 aliphatic heterocycles. The van der Waals surface area contributed by atoms with Gasteiger partial charge in [0.2, 0.25) is 0 Å². The second-order valence-electron chi connectivity index (χ2n) is 9.97. The Hall–Kier alpha value is -3.90. The van der Waals surface area contributed by atoms with Crippen molar-refractivity contribution in [3.05, 3.63) is 107 Å². The zero-order valence-corrected chi connectivity index (χ0v) is 21.4. The first-order valence-corrected chi connectivity index (χ1v) is 12.8. The molecule has 0 radical (unpaired) electrons. The van der Waals surface area contributed by atoms with Gasteiger partial charge in [0, 0.05) is 48.3 Å². The molecule has 190 valence electrons. The van der Waals surface area contributed by atoms with Crippen molar-refractivity contribution in [2.24, 2.45) is 0 Å². The molecule has 5 rings (SSSR count). The molecule has 37 heavy (non-hydrogen) atoms. The van der Waals surface area contributed by atoms with Crippen molar-refractivity contribution < 1.29 is 14.3 Å². The van der Waals surface area contributed by atoms with E-state index in [0.29, 0.717) is 26.1 Å². The maximum atomic E-state index is 13.7. The fraction of sp³-hybridized carbons (Fsp3) is 0.290. The number of hydrogen-bond donors (Lipinski definition) is 1. The molecule has 1 amide bonds. The third-order valence-corrected chi connectivity index (χ3v) is 7.02. The minimum atomic E-state index is -0.246. The second kappa shape index (κ2) is 11.0. The molecule has 1 atom stereocenters. The first-order chi connectivity index (χ1) is 18.0. The topological polar surface area (TPSA) is 65.6 Å². The molecular formula is C31H33N3O3. The van der Waals surface area contributed by atoms with Crippen molar-refractivity contribution in [2.45, 2.75) is 32.9 Å². The summed E-state index contributed by atoms with van der Waals surface area (Å²) in [4.78, 5) is 33.8.